The molecule has 4 N–H and O–H groups in total. The Kier molecular flexibility index (Phi) is 5.79. The highest BCUT2D eigenvalue weighted by Gasteiger charge is 2.46. The van der Waals surface area contributed by atoms with E-state index < -0.39 is 0 Å². The number of hydrogen-bond donors (Lipinski definition) is 3. The van der Waals surface area contributed by atoms with Crippen LogP contribution in [0.5, 0.6) is 0 Å². The molecule has 2 atom stereocenters. The standard InChI is InChI=1S/C28H32N8OS/c1-38-19-5-4-17-14-28(25(29)20(17)13-19)7-11-35(12-8-28)22-15-31-24-26(32-22)33-34-27(24)36-10-6-18(16-37)23-21(36)3-2-9-30-23/h2-5,9,13,15,18,25,37H,6-8,10-12,14,16,29H2,1H3,(H,32,33,34)/t18?,25-/m1/s1. The third-order valence-electron chi connectivity index (χ3n) is 8.88. The maximum absolute atomic E-state index is 9.81. The molecule has 0 amide bonds. The Labute approximate surface area is 225 Å². The molecule has 7 rings (SSSR count). The Hall–Kier alpha value is -3.21. The van der Waals surface area contributed by atoms with E-state index in [1.807, 2.05) is 18.3 Å². The van der Waals surface area contributed by atoms with Crippen LogP contribution in [0.25, 0.3) is 11.2 Å². The van der Waals surface area contributed by atoms with Crippen LogP contribution in [-0.4, -0.2) is 62.8 Å². The van der Waals surface area contributed by atoms with Crippen LogP contribution in [0.15, 0.2) is 47.6 Å². The predicted molar refractivity (Wildman–Crippen MR) is 150 cm³/mol. The molecule has 2 aliphatic heterocycles. The predicted octanol–water partition coefficient (Wildman–Crippen LogP) is 3.93. The Morgan fingerprint density at radius 2 is 2.05 bits per heavy atom. The van der Waals surface area contributed by atoms with Crippen LogP contribution in [0.4, 0.5) is 17.3 Å². The fraction of sp³-hybridized carbons (Fsp3) is 0.429. The van der Waals surface area contributed by atoms with Crippen LogP contribution in [-0.2, 0) is 6.42 Å². The summed E-state index contributed by atoms with van der Waals surface area (Å²) in [6.07, 6.45) is 9.71. The average molecular weight is 529 g/mol. The van der Waals surface area contributed by atoms with E-state index in [0.717, 1.165) is 73.9 Å². The summed E-state index contributed by atoms with van der Waals surface area (Å²) in [5.41, 5.74) is 13.0. The lowest BCUT2D eigenvalue weighted by molar-refractivity contribution is 0.187. The topological polar surface area (TPSA) is 120 Å². The second-order valence-corrected chi connectivity index (χ2v) is 11.6. The summed E-state index contributed by atoms with van der Waals surface area (Å²) in [5, 5.41) is 17.5. The molecule has 1 fully saturated rings. The van der Waals surface area contributed by atoms with Gasteiger partial charge in [0.25, 0.3) is 0 Å². The summed E-state index contributed by atoms with van der Waals surface area (Å²) in [4.78, 5) is 20.0. The first-order valence-corrected chi connectivity index (χ1v) is 14.5. The molecule has 3 aromatic heterocycles. The zero-order valence-corrected chi connectivity index (χ0v) is 22.3. The Bertz CT molecular complexity index is 1500. The molecule has 9 nitrogen and oxygen atoms in total. The molecule has 1 saturated heterocycles. The van der Waals surface area contributed by atoms with E-state index in [-0.39, 0.29) is 24.0 Å². The molecule has 3 aliphatic rings. The highest BCUT2D eigenvalue weighted by atomic mass is 32.2. The number of rotatable bonds is 4. The van der Waals surface area contributed by atoms with Crippen LogP contribution >= 0.6 is 11.8 Å². The van der Waals surface area contributed by atoms with Crippen molar-refractivity contribution >= 4 is 40.2 Å². The number of H-pyrrole nitrogens is 1. The number of anilines is 3. The second-order valence-electron chi connectivity index (χ2n) is 10.8. The molecule has 5 heterocycles. The van der Waals surface area contributed by atoms with Crippen molar-refractivity contribution in [3.63, 3.8) is 0 Å². The number of nitrogens with zero attached hydrogens (tertiary/aromatic N) is 6. The van der Waals surface area contributed by atoms with E-state index in [0.29, 0.717) is 5.65 Å². The molecule has 0 saturated carbocycles. The zero-order chi connectivity index (χ0) is 25.9. The van der Waals surface area contributed by atoms with Gasteiger partial charge >= 0.3 is 0 Å². The van der Waals surface area contributed by atoms with E-state index >= 15 is 0 Å². The van der Waals surface area contributed by atoms with Gasteiger partial charge in [-0.2, -0.15) is 5.10 Å². The summed E-state index contributed by atoms with van der Waals surface area (Å²) in [6.45, 7) is 2.65. The molecular formula is C28H32N8OS. The van der Waals surface area contributed by atoms with Crippen molar-refractivity contribution in [2.75, 3.05) is 42.3 Å². The van der Waals surface area contributed by atoms with Gasteiger partial charge in [0.05, 0.1) is 24.2 Å². The van der Waals surface area contributed by atoms with Crippen molar-refractivity contribution in [3.8, 4) is 0 Å². The largest absolute Gasteiger partial charge is 0.396 e. The first-order chi connectivity index (χ1) is 18.6. The van der Waals surface area contributed by atoms with Crippen molar-refractivity contribution in [3.05, 3.63) is 59.5 Å². The van der Waals surface area contributed by atoms with Crippen LogP contribution in [0.3, 0.4) is 0 Å². The number of fused-ring (bicyclic) bond motifs is 3. The first kappa shape index (κ1) is 23.9. The Morgan fingerprint density at radius 1 is 1.18 bits per heavy atom. The van der Waals surface area contributed by atoms with Crippen molar-refractivity contribution in [1.82, 2.24) is 25.1 Å². The summed E-state index contributed by atoms with van der Waals surface area (Å²) in [7, 11) is 0. The van der Waals surface area contributed by atoms with Gasteiger partial charge < -0.3 is 20.6 Å². The second kappa shape index (κ2) is 9.21. The van der Waals surface area contributed by atoms with Crippen molar-refractivity contribution in [2.24, 2.45) is 11.1 Å². The number of piperidine rings is 1. The third-order valence-corrected chi connectivity index (χ3v) is 9.61. The number of hydrogen-bond acceptors (Lipinski definition) is 9. The SMILES string of the molecule is CSc1ccc2c(c1)[C@@H](N)C1(CCN(c3cnc4c(N5CCC(CO)c6ncccc65)n[nH]c4n3)CC1)C2. The molecule has 38 heavy (non-hydrogen) atoms. The van der Waals surface area contributed by atoms with E-state index in [9.17, 15) is 5.11 Å². The summed E-state index contributed by atoms with van der Waals surface area (Å²) >= 11 is 1.78. The maximum atomic E-state index is 9.81. The molecular weight excluding hydrogens is 496 g/mol. The summed E-state index contributed by atoms with van der Waals surface area (Å²) in [6, 6.07) is 10.8. The van der Waals surface area contributed by atoms with Crippen molar-refractivity contribution < 1.29 is 5.11 Å². The lowest BCUT2D eigenvalue weighted by Gasteiger charge is -2.42. The van der Waals surface area contributed by atoms with Crippen LogP contribution < -0.4 is 15.5 Å². The normalized spacial score (nSPS) is 22.2. The van der Waals surface area contributed by atoms with Gasteiger partial charge in [-0.05, 0) is 72.7 Å². The molecule has 0 radical (unpaired) electrons. The monoisotopic (exact) mass is 528 g/mol. The smallest absolute Gasteiger partial charge is 0.183 e. The Balaban J connectivity index is 1.11. The van der Waals surface area contributed by atoms with Gasteiger partial charge in [-0.3, -0.25) is 10.1 Å². The number of benzene rings is 1. The molecule has 1 unspecified atom stereocenters. The van der Waals surface area contributed by atoms with E-state index in [2.05, 4.69) is 49.4 Å². The van der Waals surface area contributed by atoms with Crippen LogP contribution in [0.2, 0.25) is 0 Å². The number of thioether (sulfide) groups is 1. The van der Waals surface area contributed by atoms with E-state index in [4.69, 9.17) is 15.7 Å². The van der Waals surface area contributed by atoms with E-state index in [1.165, 1.54) is 16.0 Å². The van der Waals surface area contributed by atoms with Gasteiger partial charge in [-0.15, -0.1) is 11.8 Å². The molecule has 1 spiro atoms. The fourth-order valence-corrected chi connectivity index (χ4v) is 7.10. The Morgan fingerprint density at radius 3 is 2.87 bits per heavy atom. The van der Waals surface area contributed by atoms with Crippen molar-refractivity contribution in [2.45, 2.75) is 42.5 Å². The first-order valence-electron chi connectivity index (χ1n) is 13.3. The fourth-order valence-electron chi connectivity index (χ4n) is 6.65. The lowest BCUT2D eigenvalue weighted by atomic mass is 9.73. The number of aromatic amines is 1. The average Bonchev–Trinajstić information content (AvgIpc) is 3.50. The number of aliphatic hydroxyl groups excluding tert-OH is 1. The molecule has 196 valence electrons. The van der Waals surface area contributed by atoms with E-state index in [1.54, 1.807) is 18.0 Å². The number of nitrogens with one attached hydrogen (secondary N) is 1. The van der Waals surface area contributed by atoms with Gasteiger partial charge in [-0.1, -0.05) is 6.07 Å². The van der Waals surface area contributed by atoms with Gasteiger partial charge in [0, 0.05) is 42.7 Å². The molecule has 0 bridgehead atoms. The number of pyridine rings is 1. The minimum atomic E-state index is 0.0427. The molecule has 1 aliphatic carbocycles. The van der Waals surface area contributed by atoms with Crippen LogP contribution in [0.1, 0.15) is 48.0 Å². The minimum Gasteiger partial charge on any atom is -0.396 e. The van der Waals surface area contributed by atoms with Crippen LogP contribution in [0, 0.1) is 5.41 Å². The third kappa shape index (κ3) is 3.69. The summed E-state index contributed by atoms with van der Waals surface area (Å²) in [5.74, 6) is 1.67. The zero-order valence-electron chi connectivity index (χ0n) is 21.5. The quantitative estimate of drug-likeness (QED) is 0.338. The molecule has 4 aromatic rings. The van der Waals surface area contributed by atoms with Crippen molar-refractivity contribution in [1.29, 1.82) is 0 Å². The highest BCUT2D eigenvalue weighted by Crippen LogP contribution is 2.51. The number of aliphatic hydroxyl groups is 1. The maximum Gasteiger partial charge on any atom is 0.183 e. The number of aromatic nitrogens is 5. The number of nitrogens with two attached hydrogens (primary N) is 1. The van der Waals surface area contributed by atoms with Gasteiger partial charge in [0.2, 0.25) is 0 Å². The summed E-state index contributed by atoms with van der Waals surface area (Å²) < 4.78 is 0. The minimum absolute atomic E-state index is 0.0427. The lowest BCUT2D eigenvalue weighted by Crippen LogP contribution is -2.44. The molecule has 10 heteroatoms. The van der Waals surface area contributed by atoms with Gasteiger partial charge in [0.15, 0.2) is 17.0 Å². The molecule has 1 aromatic carbocycles. The highest BCUT2D eigenvalue weighted by molar-refractivity contribution is 7.98. The van der Waals surface area contributed by atoms with Gasteiger partial charge in [0.1, 0.15) is 5.82 Å². The van der Waals surface area contributed by atoms with Gasteiger partial charge in [-0.25, -0.2) is 9.97 Å².